The van der Waals surface area contributed by atoms with Crippen LogP contribution in [0.3, 0.4) is 0 Å². The number of hydrogen-bond acceptors (Lipinski definition) is 0. The highest BCUT2D eigenvalue weighted by Crippen LogP contribution is 2.25. The minimum Gasteiger partial charge on any atom is -0.343 e. The molecule has 3 aromatic rings. The number of benzene rings is 2. The molecular formula is C16H13Cl2N. The van der Waals surface area contributed by atoms with Crippen LogP contribution >= 0.6 is 23.2 Å². The Hall–Kier alpha value is -1.44. The highest BCUT2D eigenvalue weighted by Gasteiger charge is 2.06. The maximum absolute atomic E-state index is 6.22. The van der Waals surface area contributed by atoms with Crippen molar-refractivity contribution in [1.82, 2.24) is 4.57 Å². The van der Waals surface area contributed by atoms with Crippen molar-refractivity contribution in [2.45, 2.75) is 13.5 Å². The molecule has 1 aromatic heterocycles. The van der Waals surface area contributed by atoms with Crippen molar-refractivity contribution in [1.29, 1.82) is 0 Å². The average Bonchev–Trinajstić information content (AvgIpc) is 2.79. The molecule has 0 N–H and O–H groups in total. The Bertz CT molecular complexity index is 744. The first-order chi connectivity index (χ1) is 9.15. The molecule has 0 unspecified atom stereocenters. The molecule has 0 atom stereocenters. The molecule has 19 heavy (non-hydrogen) atoms. The number of aromatic nitrogens is 1. The van der Waals surface area contributed by atoms with E-state index in [1.54, 1.807) is 0 Å². The highest BCUT2D eigenvalue weighted by atomic mass is 35.5. The maximum atomic E-state index is 6.22. The lowest BCUT2D eigenvalue weighted by Crippen LogP contribution is -1.98. The number of hydrogen-bond donors (Lipinski definition) is 0. The molecule has 1 nitrogen and oxygen atoms in total. The highest BCUT2D eigenvalue weighted by molar-refractivity contribution is 6.33. The van der Waals surface area contributed by atoms with Gasteiger partial charge < -0.3 is 4.57 Å². The SMILES string of the molecule is Cc1cccc2c1ccn2Cc1cc(Cl)ccc1Cl. The van der Waals surface area contributed by atoms with E-state index in [1.807, 2.05) is 18.2 Å². The molecular weight excluding hydrogens is 277 g/mol. The van der Waals surface area contributed by atoms with Gasteiger partial charge in [0.1, 0.15) is 0 Å². The van der Waals surface area contributed by atoms with Crippen molar-refractivity contribution in [3.05, 3.63) is 69.8 Å². The molecule has 0 bridgehead atoms. The summed E-state index contributed by atoms with van der Waals surface area (Å²) in [6.07, 6.45) is 2.09. The van der Waals surface area contributed by atoms with Crippen LogP contribution in [0.2, 0.25) is 10.0 Å². The fraction of sp³-hybridized carbons (Fsp3) is 0.125. The summed E-state index contributed by atoms with van der Waals surface area (Å²) in [4.78, 5) is 0. The summed E-state index contributed by atoms with van der Waals surface area (Å²) in [5.41, 5.74) is 3.54. The normalized spacial score (nSPS) is 11.1. The van der Waals surface area contributed by atoms with E-state index in [0.717, 1.165) is 17.1 Å². The predicted octanol–water partition coefficient (Wildman–Crippen LogP) is 5.30. The third kappa shape index (κ3) is 2.36. The van der Waals surface area contributed by atoms with Crippen LogP contribution in [0.1, 0.15) is 11.1 Å². The van der Waals surface area contributed by atoms with Gasteiger partial charge in [-0.25, -0.2) is 0 Å². The van der Waals surface area contributed by atoms with Crippen molar-refractivity contribution in [2.75, 3.05) is 0 Å². The van der Waals surface area contributed by atoms with E-state index in [0.29, 0.717) is 5.02 Å². The summed E-state index contributed by atoms with van der Waals surface area (Å²) in [5, 5.41) is 2.74. The van der Waals surface area contributed by atoms with Gasteiger partial charge >= 0.3 is 0 Å². The molecule has 0 amide bonds. The summed E-state index contributed by atoms with van der Waals surface area (Å²) < 4.78 is 2.19. The molecule has 1 heterocycles. The summed E-state index contributed by atoms with van der Waals surface area (Å²) in [5.74, 6) is 0. The van der Waals surface area contributed by atoms with E-state index in [-0.39, 0.29) is 0 Å². The van der Waals surface area contributed by atoms with E-state index in [9.17, 15) is 0 Å². The number of halogens is 2. The summed E-state index contributed by atoms with van der Waals surface area (Å²) in [7, 11) is 0. The number of nitrogens with zero attached hydrogens (tertiary/aromatic N) is 1. The third-order valence-corrected chi connectivity index (χ3v) is 3.98. The Kier molecular flexibility index (Phi) is 3.26. The Morgan fingerprint density at radius 1 is 1.05 bits per heavy atom. The van der Waals surface area contributed by atoms with Crippen LogP contribution in [-0.2, 0) is 6.54 Å². The fourth-order valence-electron chi connectivity index (χ4n) is 2.36. The quantitative estimate of drug-likeness (QED) is 0.603. The number of fused-ring (bicyclic) bond motifs is 1. The summed E-state index contributed by atoms with van der Waals surface area (Å²) in [6.45, 7) is 2.85. The Morgan fingerprint density at radius 2 is 1.89 bits per heavy atom. The monoisotopic (exact) mass is 289 g/mol. The van der Waals surface area contributed by atoms with Crippen LogP contribution < -0.4 is 0 Å². The van der Waals surface area contributed by atoms with Gasteiger partial charge in [-0.1, -0.05) is 35.3 Å². The molecule has 0 fully saturated rings. The molecule has 0 saturated carbocycles. The van der Waals surface area contributed by atoms with Gasteiger partial charge in [-0.15, -0.1) is 0 Å². The van der Waals surface area contributed by atoms with Crippen molar-refractivity contribution in [3.8, 4) is 0 Å². The first-order valence-corrected chi connectivity index (χ1v) is 6.89. The van der Waals surface area contributed by atoms with E-state index in [2.05, 4.69) is 42.0 Å². The molecule has 2 aromatic carbocycles. The second-order valence-electron chi connectivity index (χ2n) is 4.69. The zero-order chi connectivity index (χ0) is 13.4. The van der Waals surface area contributed by atoms with Crippen LogP contribution in [0.5, 0.6) is 0 Å². The molecule has 0 aliphatic rings. The van der Waals surface area contributed by atoms with Crippen LogP contribution in [0, 0.1) is 6.92 Å². The Labute approximate surface area is 122 Å². The molecule has 96 valence electrons. The van der Waals surface area contributed by atoms with Crippen LogP contribution in [0.25, 0.3) is 10.9 Å². The van der Waals surface area contributed by atoms with E-state index >= 15 is 0 Å². The van der Waals surface area contributed by atoms with E-state index in [4.69, 9.17) is 23.2 Å². The molecule has 0 spiro atoms. The first-order valence-electron chi connectivity index (χ1n) is 6.13. The minimum absolute atomic E-state index is 0.715. The van der Waals surface area contributed by atoms with Gasteiger partial charge in [0.25, 0.3) is 0 Å². The van der Waals surface area contributed by atoms with Crippen LogP contribution in [0.4, 0.5) is 0 Å². The fourth-order valence-corrected chi connectivity index (χ4v) is 2.74. The van der Waals surface area contributed by atoms with Gasteiger partial charge in [-0.05, 0) is 48.4 Å². The second-order valence-corrected chi connectivity index (χ2v) is 5.53. The smallest absolute Gasteiger partial charge is 0.0491 e. The van der Waals surface area contributed by atoms with Crippen LogP contribution in [-0.4, -0.2) is 4.57 Å². The standard InChI is InChI=1S/C16H13Cl2N/c1-11-3-2-4-16-14(11)7-8-19(16)10-12-9-13(17)5-6-15(12)18/h2-9H,10H2,1H3. The van der Waals surface area contributed by atoms with Gasteiger partial charge in [-0.3, -0.25) is 0 Å². The average molecular weight is 290 g/mol. The zero-order valence-corrected chi connectivity index (χ0v) is 12.0. The van der Waals surface area contributed by atoms with Crippen molar-refractivity contribution < 1.29 is 0 Å². The van der Waals surface area contributed by atoms with Gasteiger partial charge in [0, 0.05) is 33.7 Å². The van der Waals surface area contributed by atoms with E-state index < -0.39 is 0 Å². The molecule has 0 aliphatic heterocycles. The molecule has 0 aliphatic carbocycles. The molecule has 3 heteroatoms. The third-order valence-electron chi connectivity index (χ3n) is 3.38. The molecule has 0 radical (unpaired) electrons. The predicted molar refractivity (Wildman–Crippen MR) is 82.2 cm³/mol. The lowest BCUT2D eigenvalue weighted by molar-refractivity contribution is 0.837. The number of rotatable bonds is 2. The maximum Gasteiger partial charge on any atom is 0.0491 e. The lowest BCUT2D eigenvalue weighted by atomic mass is 10.1. The van der Waals surface area contributed by atoms with Gasteiger partial charge in [0.15, 0.2) is 0 Å². The summed E-state index contributed by atoms with van der Waals surface area (Å²) >= 11 is 12.3. The largest absolute Gasteiger partial charge is 0.343 e. The summed E-state index contributed by atoms with van der Waals surface area (Å²) in [6, 6.07) is 14.0. The van der Waals surface area contributed by atoms with Crippen LogP contribution in [0.15, 0.2) is 48.7 Å². The molecule has 3 rings (SSSR count). The zero-order valence-electron chi connectivity index (χ0n) is 10.5. The Morgan fingerprint density at radius 3 is 2.74 bits per heavy atom. The van der Waals surface area contributed by atoms with Gasteiger partial charge in [-0.2, -0.15) is 0 Å². The van der Waals surface area contributed by atoms with E-state index in [1.165, 1.54) is 16.5 Å². The van der Waals surface area contributed by atoms with Crippen molar-refractivity contribution in [3.63, 3.8) is 0 Å². The Balaban J connectivity index is 2.06. The second kappa shape index (κ2) is 4.92. The van der Waals surface area contributed by atoms with Gasteiger partial charge in [0.2, 0.25) is 0 Å². The van der Waals surface area contributed by atoms with Gasteiger partial charge in [0.05, 0.1) is 0 Å². The first kappa shape index (κ1) is 12.6. The lowest BCUT2D eigenvalue weighted by Gasteiger charge is -2.08. The number of aryl methyl sites for hydroxylation is 1. The topological polar surface area (TPSA) is 4.93 Å². The minimum atomic E-state index is 0.715. The van der Waals surface area contributed by atoms with Crippen molar-refractivity contribution >= 4 is 34.1 Å². The molecule has 0 saturated heterocycles. The van der Waals surface area contributed by atoms with Crippen molar-refractivity contribution in [2.24, 2.45) is 0 Å².